The Kier molecular flexibility index (Phi) is 4.38. The number of ether oxygens (including phenoxy) is 1. The summed E-state index contributed by atoms with van der Waals surface area (Å²) in [5.74, 6) is 0.270. The summed E-state index contributed by atoms with van der Waals surface area (Å²) in [7, 11) is 0. The van der Waals surface area contributed by atoms with Crippen molar-refractivity contribution in [3.05, 3.63) is 34.9 Å². The van der Waals surface area contributed by atoms with Crippen LogP contribution in [0, 0.1) is 19.3 Å². The van der Waals surface area contributed by atoms with E-state index in [0.717, 1.165) is 18.4 Å². The van der Waals surface area contributed by atoms with Crippen LogP contribution in [0.25, 0.3) is 0 Å². The maximum atomic E-state index is 12.6. The minimum Gasteiger partial charge on any atom is -0.381 e. The summed E-state index contributed by atoms with van der Waals surface area (Å²) >= 11 is 0. The molecule has 3 nitrogen and oxygen atoms in total. The molecule has 1 saturated heterocycles. The maximum absolute atomic E-state index is 12.6. The van der Waals surface area contributed by atoms with Gasteiger partial charge in [0.2, 0.25) is 0 Å². The van der Waals surface area contributed by atoms with Gasteiger partial charge in [-0.1, -0.05) is 23.8 Å². The lowest BCUT2D eigenvalue weighted by Gasteiger charge is -2.34. The second-order valence-corrected chi connectivity index (χ2v) is 5.63. The zero-order chi connectivity index (χ0) is 13.9. The highest BCUT2D eigenvalue weighted by molar-refractivity contribution is 5.87. The smallest absolute Gasteiger partial charge is 0.144 e. The van der Waals surface area contributed by atoms with Crippen molar-refractivity contribution in [2.24, 2.45) is 11.1 Å². The Morgan fingerprint density at radius 2 is 2.00 bits per heavy atom. The first kappa shape index (κ1) is 14.2. The molecule has 0 radical (unpaired) electrons. The van der Waals surface area contributed by atoms with Crippen LogP contribution in [0.15, 0.2) is 18.2 Å². The molecule has 1 aromatic carbocycles. The normalized spacial score (nSPS) is 18.3. The van der Waals surface area contributed by atoms with E-state index in [4.69, 9.17) is 10.5 Å². The van der Waals surface area contributed by atoms with Crippen LogP contribution in [0.4, 0.5) is 0 Å². The van der Waals surface area contributed by atoms with Crippen molar-refractivity contribution in [1.29, 1.82) is 0 Å². The van der Waals surface area contributed by atoms with Gasteiger partial charge in [-0.25, -0.2) is 0 Å². The number of carbonyl (C=O) groups is 1. The molecule has 0 aliphatic carbocycles. The highest BCUT2D eigenvalue weighted by Gasteiger charge is 2.38. The van der Waals surface area contributed by atoms with Crippen LogP contribution in [0.3, 0.4) is 0 Å². The standard InChI is InChI=1S/C16H23NO2/c1-12-3-4-13(2)14(9-12)10-15(18)16(11-17)5-7-19-8-6-16/h3-4,9H,5-8,10-11,17H2,1-2H3. The second kappa shape index (κ2) is 5.85. The van der Waals surface area contributed by atoms with Gasteiger partial charge in [-0.2, -0.15) is 0 Å². The summed E-state index contributed by atoms with van der Waals surface area (Å²) in [6.45, 7) is 5.84. The van der Waals surface area contributed by atoms with E-state index in [1.165, 1.54) is 11.1 Å². The fourth-order valence-electron chi connectivity index (χ4n) is 2.71. The minimum atomic E-state index is -0.367. The SMILES string of the molecule is Cc1ccc(C)c(CC(=O)C2(CN)CCOCC2)c1. The largest absolute Gasteiger partial charge is 0.381 e. The third-order valence-corrected chi connectivity index (χ3v) is 4.29. The Hall–Kier alpha value is -1.19. The van der Waals surface area contributed by atoms with Crippen LogP contribution in [0.5, 0.6) is 0 Å². The summed E-state index contributed by atoms with van der Waals surface area (Å²) in [4.78, 5) is 12.6. The molecular formula is C16H23NO2. The predicted molar refractivity (Wildman–Crippen MR) is 76.2 cm³/mol. The van der Waals surface area contributed by atoms with E-state index in [-0.39, 0.29) is 11.2 Å². The minimum absolute atomic E-state index is 0.270. The van der Waals surface area contributed by atoms with Crippen molar-refractivity contribution in [1.82, 2.24) is 0 Å². The molecule has 0 unspecified atom stereocenters. The topological polar surface area (TPSA) is 52.3 Å². The van der Waals surface area contributed by atoms with Gasteiger partial charge in [-0.15, -0.1) is 0 Å². The third kappa shape index (κ3) is 3.04. The van der Waals surface area contributed by atoms with Crippen LogP contribution in [-0.2, 0) is 16.0 Å². The van der Waals surface area contributed by atoms with Crippen LogP contribution in [-0.4, -0.2) is 25.5 Å². The van der Waals surface area contributed by atoms with Crippen LogP contribution in [0.1, 0.15) is 29.5 Å². The number of carbonyl (C=O) groups excluding carboxylic acids is 1. The quantitative estimate of drug-likeness (QED) is 0.903. The molecule has 1 heterocycles. The Labute approximate surface area is 115 Å². The molecule has 0 bridgehead atoms. The molecule has 1 aliphatic rings. The first-order valence-corrected chi connectivity index (χ1v) is 6.95. The van der Waals surface area contributed by atoms with Crippen molar-refractivity contribution in [2.45, 2.75) is 33.1 Å². The van der Waals surface area contributed by atoms with E-state index < -0.39 is 0 Å². The van der Waals surface area contributed by atoms with Crippen molar-refractivity contribution in [3.63, 3.8) is 0 Å². The second-order valence-electron chi connectivity index (χ2n) is 5.63. The lowest BCUT2D eigenvalue weighted by molar-refractivity contribution is -0.132. The van der Waals surface area contributed by atoms with Crippen molar-refractivity contribution in [2.75, 3.05) is 19.8 Å². The number of ketones is 1. The number of hydrogen-bond donors (Lipinski definition) is 1. The lowest BCUT2D eigenvalue weighted by Crippen LogP contribution is -2.44. The molecule has 0 saturated carbocycles. The van der Waals surface area contributed by atoms with Gasteiger partial charge in [0.15, 0.2) is 0 Å². The van der Waals surface area contributed by atoms with E-state index in [9.17, 15) is 4.79 Å². The monoisotopic (exact) mass is 261 g/mol. The molecule has 2 rings (SSSR count). The van der Waals surface area contributed by atoms with Gasteiger partial charge in [-0.05, 0) is 37.8 Å². The van der Waals surface area contributed by atoms with Gasteiger partial charge in [0, 0.05) is 31.6 Å². The summed E-state index contributed by atoms with van der Waals surface area (Å²) in [5.41, 5.74) is 9.02. The summed E-state index contributed by atoms with van der Waals surface area (Å²) < 4.78 is 5.36. The number of benzene rings is 1. The molecule has 19 heavy (non-hydrogen) atoms. The lowest BCUT2D eigenvalue weighted by atomic mass is 9.74. The number of rotatable bonds is 4. The van der Waals surface area contributed by atoms with Gasteiger partial charge < -0.3 is 10.5 Å². The molecular weight excluding hydrogens is 238 g/mol. The van der Waals surface area contributed by atoms with E-state index in [0.29, 0.717) is 26.2 Å². The Morgan fingerprint density at radius 1 is 1.32 bits per heavy atom. The maximum Gasteiger partial charge on any atom is 0.144 e. The Bertz CT molecular complexity index is 462. The number of hydrogen-bond acceptors (Lipinski definition) is 3. The summed E-state index contributed by atoms with van der Waals surface area (Å²) in [6, 6.07) is 6.27. The van der Waals surface area contributed by atoms with Crippen LogP contribution >= 0.6 is 0 Å². The van der Waals surface area contributed by atoms with E-state index >= 15 is 0 Å². The highest BCUT2D eigenvalue weighted by Crippen LogP contribution is 2.32. The highest BCUT2D eigenvalue weighted by atomic mass is 16.5. The molecule has 1 aromatic rings. The number of nitrogens with two attached hydrogens (primary N) is 1. The van der Waals surface area contributed by atoms with Gasteiger partial charge in [0.05, 0.1) is 0 Å². The van der Waals surface area contributed by atoms with E-state index in [2.05, 4.69) is 32.0 Å². The van der Waals surface area contributed by atoms with Gasteiger partial charge >= 0.3 is 0 Å². The zero-order valence-electron chi connectivity index (χ0n) is 11.9. The molecule has 0 atom stereocenters. The third-order valence-electron chi connectivity index (χ3n) is 4.29. The van der Waals surface area contributed by atoms with E-state index in [1.807, 2.05) is 0 Å². The summed E-state index contributed by atoms with van der Waals surface area (Å²) in [6.07, 6.45) is 2.01. The van der Waals surface area contributed by atoms with Crippen LogP contribution in [0.2, 0.25) is 0 Å². The Morgan fingerprint density at radius 3 is 2.63 bits per heavy atom. The van der Waals surface area contributed by atoms with Gasteiger partial charge in [-0.3, -0.25) is 4.79 Å². The predicted octanol–water partition coefficient (Wildman–Crippen LogP) is 2.17. The average Bonchev–Trinajstić information content (AvgIpc) is 2.43. The number of aryl methyl sites for hydroxylation is 2. The zero-order valence-corrected chi connectivity index (χ0v) is 11.9. The molecule has 104 valence electrons. The molecule has 1 fully saturated rings. The van der Waals surface area contributed by atoms with Crippen LogP contribution < -0.4 is 5.73 Å². The van der Waals surface area contributed by atoms with Gasteiger partial charge in [0.1, 0.15) is 5.78 Å². The van der Waals surface area contributed by atoms with Crippen molar-refractivity contribution >= 4 is 5.78 Å². The van der Waals surface area contributed by atoms with Crippen molar-refractivity contribution < 1.29 is 9.53 Å². The molecule has 0 aromatic heterocycles. The fraction of sp³-hybridized carbons (Fsp3) is 0.562. The molecule has 0 spiro atoms. The van der Waals surface area contributed by atoms with E-state index in [1.54, 1.807) is 0 Å². The Balaban J connectivity index is 2.17. The molecule has 3 heteroatoms. The van der Waals surface area contributed by atoms with Crippen molar-refractivity contribution in [3.8, 4) is 0 Å². The average molecular weight is 261 g/mol. The molecule has 0 amide bonds. The first-order valence-electron chi connectivity index (χ1n) is 6.95. The molecule has 1 aliphatic heterocycles. The summed E-state index contributed by atoms with van der Waals surface area (Å²) in [5, 5.41) is 0. The fourth-order valence-corrected chi connectivity index (χ4v) is 2.71. The first-order chi connectivity index (χ1) is 9.07. The number of Topliss-reactive ketones (excluding diaryl/α,β-unsaturated/α-hetero) is 1. The molecule has 2 N–H and O–H groups in total. The van der Waals surface area contributed by atoms with Gasteiger partial charge in [0.25, 0.3) is 0 Å².